The van der Waals surface area contributed by atoms with Crippen LogP contribution in [-0.4, -0.2) is 33.2 Å². The van der Waals surface area contributed by atoms with Crippen LogP contribution in [0, 0.1) is 0 Å². The van der Waals surface area contributed by atoms with Gasteiger partial charge in [-0.1, -0.05) is 23.4 Å². The monoisotopic (exact) mass is 301 g/mol. The summed E-state index contributed by atoms with van der Waals surface area (Å²) < 4.78 is 6.80. The van der Waals surface area contributed by atoms with E-state index in [4.69, 9.17) is 4.74 Å². The highest BCUT2D eigenvalue weighted by Gasteiger charge is 2.23. The van der Waals surface area contributed by atoms with Crippen molar-refractivity contribution in [2.45, 2.75) is 0 Å². The average molecular weight is 301 g/mol. The number of aromatic nitrogens is 3. The molecule has 2 heterocycles. The number of hydrogen-bond acceptors (Lipinski definition) is 5. The molecule has 0 saturated carbocycles. The molecule has 1 aromatic carbocycles. The van der Waals surface area contributed by atoms with E-state index in [1.807, 2.05) is 29.6 Å². The third-order valence-electron chi connectivity index (χ3n) is 2.94. The second kappa shape index (κ2) is 5.37. The lowest BCUT2D eigenvalue weighted by Gasteiger charge is -2.09. The molecule has 0 saturated heterocycles. The number of benzene rings is 1. The highest BCUT2D eigenvalue weighted by Crippen LogP contribution is 2.32. The van der Waals surface area contributed by atoms with E-state index in [-0.39, 0.29) is 5.69 Å². The Morgan fingerprint density at radius 2 is 2.10 bits per heavy atom. The SMILES string of the molecule is COc1ccccc1-n1nnc(C(=O)O)c1-c1cccs1. The smallest absolute Gasteiger partial charge is 0.358 e. The minimum absolute atomic E-state index is 0.0802. The van der Waals surface area contributed by atoms with Gasteiger partial charge in [-0.25, -0.2) is 9.48 Å². The molecule has 3 aromatic rings. The maximum atomic E-state index is 11.4. The Balaban J connectivity index is 2.27. The molecule has 0 amide bonds. The van der Waals surface area contributed by atoms with E-state index in [2.05, 4.69) is 10.3 Å². The van der Waals surface area contributed by atoms with Crippen LogP contribution < -0.4 is 4.74 Å². The molecule has 6 nitrogen and oxygen atoms in total. The minimum Gasteiger partial charge on any atom is -0.494 e. The third kappa shape index (κ3) is 2.27. The Morgan fingerprint density at radius 1 is 1.29 bits per heavy atom. The molecule has 0 aliphatic heterocycles. The second-order valence-electron chi connectivity index (χ2n) is 4.15. The van der Waals surface area contributed by atoms with Gasteiger partial charge in [0.05, 0.1) is 12.0 Å². The number of ether oxygens (including phenoxy) is 1. The Kier molecular flexibility index (Phi) is 3.41. The molecule has 2 aromatic heterocycles. The molecule has 0 unspecified atom stereocenters. The number of carbonyl (C=O) groups is 1. The molecule has 0 aliphatic rings. The van der Waals surface area contributed by atoms with Crippen LogP contribution in [0.5, 0.6) is 5.75 Å². The van der Waals surface area contributed by atoms with Crippen molar-refractivity contribution in [3.63, 3.8) is 0 Å². The molecule has 3 rings (SSSR count). The number of nitrogens with zero attached hydrogens (tertiary/aromatic N) is 3. The normalized spacial score (nSPS) is 10.5. The number of carboxylic acids is 1. The average Bonchev–Trinajstić information content (AvgIpc) is 3.15. The van der Waals surface area contributed by atoms with Gasteiger partial charge in [-0.3, -0.25) is 0 Å². The summed E-state index contributed by atoms with van der Waals surface area (Å²) in [5.41, 5.74) is 1.01. The van der Waals surface area contributed by atoms with Crippen molar-refractivity contribution >= 4 is 17.3 Å². The van der Waals surface area contributed by atoms with Crippen LogP contribution in [0.4, 0.5) is 0 Å². The fourth-order valence-electron chi connectivity index (χ4n) is 2.03. The zero-order valence-electron chi connectivity index (χ0n) is 11.1. The highest BCUT2D eigenvalue weighted by atomic mass is 32.1. The summed E-state index contributed by atoms with van der Waals surface area (Å²) >= 11 is 1.43. The van der Waals surface area contributed by atoms with Gasteiger partial charge in [-0.15, -0.1) is 16.4 Å². The van der Waals surface area contributed by atoms with Crippen molar-refractivity contribution in [3.05, 3.63) is 47.5 Å². The van der Waals surface area contributed by atoms with E-state index in [9.17, 15) is 9.90 Å². The molecule has 0 fully saturated rings. The number of para-hydroxylation sites is 2. The van der Waals surface area contributed by atoms with Gasteiger partial charge in [0.25, 0.3) is 0 Å². The quantitative estimate of drug-likeness (QED) is 0.801. The van der Waals surface area contributed by atoms with Crippen molar-refractivity contribution in [1.29, 1.82) is 0 Å². The molecule has 0 radical (unpaired) electrons. The van der Waals surface area contributed by atoms with Crippen molar-refractivity contribution in [3.8, 4) is 22.0 Å². The zero-order valence-corrected chi connectivity index (χ0v) is 11.9. The Morgan fingerprint density at radius 3 is 2.76 bits per heavy atom. The predicted octanol–water partition coefficient (Wildman–Crippen LogP) is 2.70. The van der Waals surface area contributed by atoms with Gasteiger partial charge >= 0.3 is 5.97 Å². The summed E-state index contributed by atoms with van der Waals surface area (Å²) in [6.07, 6.45) is 0. The maximum absolute atomic E-state index is 11.4. The summed E-state index contributed by atoms with van der Waals surface area (Å²) in [5, 5.41) is 19.0. The number of carboxylic acid groups (broad SMARTS) is 1. The first-order valence-corrected chi connectivity index (χ1v) is 6.96. The molecule has 1 N–H and O–H groups in total. The van der Waals surface area contributed by atoms with Crippen molar-refractivity contribution < 1.29 is 14.6 Å². The first-order valence-electron chi connectivity index (χ1n) is 6.08. The minimum atomic E-state index is -1.11. The molecule has 106 valence electrons. The van der Waals surface area contributed by atoms with Gasteiger partial charge in [0.1, 0.15) is 17.1 Å². The van der Waals surface area contributed by atoms with Crippen LogP contribution in [0.2, 0.25) is 0 Å². The number of hydrogen-bond donors (Lipinski definition) is 1. The van der Waals surface area contributed by atoms with E-state index in [0.29, 0.717) is 17.1 Å². The van der Waals surface area contributed by atoms with E-state index in [0.717, 1.165) is 4.88 Å². The largest absolute Gasteiger partial charge is 0.494 e. The van der Waals surface area contributed by atoms with Crippen LogP contribution in [0.1, 0.15) is 10.5 Å². The van der Waals surface area contributed by atoms with E-state index >= 15 is 0 Å². The molecular weight excluding hydrogens is 290 g/mol. The lowest BCUT2D eigenvalue weighted by Crippen LogP contribution is -2.03. The number of aromatic carboxylic acids is 1. The first-order chi connectivity index (χ1) is 10.2. The van der Waals surface area contributed by atoms with Crippen molar-refractivity contribution in [1.82, 2.24) is 15.0 Å². The van der Waals surface area contributed by atoms with Crippen LogP contribution in [0.3, 0.4) is 0 Å². The lowest BCUT2D eigenvalue weighted by atomic mass is 10.2. The number of methoxy groups -OCH3 is 1. The molecular formula is C14H11N3O3S. The van der Waals surface area contributed by atoms with Crippen LogP contribution in [0.15, 0.2) is 41.8 Å². The summed E-state index contributed by atoms with van der Waals surface area (Å²) in [7, 11) is 1.55. The van der Waals surface area contributed by atoms with E-state index in [1.165, 1.54) is 16.0 Å². The molecule has 0 atom stereocenters. The number of thiophene rings is 1. The summed E-state index contributed by atoms with van der Waals surface area (Å²) in [5.74, 6) is -0.517. The molecule has 0 bridgehead atoms. The van der Waals surface area contributed by atoms with Gasteiger partial charge in [0, 0.05) is 0 Å². The highest BCUT2D eigenvalue weighted by molar-refractivity contribution is 7.13. The molecule has 0 spiro atoms. The zero-order chi connectivity index (χ0) is 14.8. The Labute approximate surface area is 124 Å². The maximum Gasteiger partial charge on any atom is 0.358 e. The van der Waals surface area contributed by atoms with E-state index < -0.39 is 5.97 Å². The molecule has 7 heteroatoms. The molecule has 21 heavy (non-hydrogen) atoms. The predicted molar refractivity (Wildman–Crippen MR) is 78.2 cm³/mol. The van der Waals surface area contributed by atoms with Crippen LogP contribution in [0.25, 0.3) is 16.3 Å². The van der Waals surface area contributed by atoms with Gasteiger partial charge < -0.3 is 9.84 Å². The summed E-state index contributed by atoms with van der Waals surface area (Å²) in [6, 6.07) is 10.9. The molecule has 0 aliphatic carbocycles. The van der Waals surface area contributed by atoms with E-state index in [1.54, 1.807) is 19.2 Å². The van der Waals surface area contributed by atoms with Crippen molar-refractivity contribution in [2.24, 2.45) is 0 Å². The first kappa shape index (κ1) is 13.3. The number of rotatable bonds is 4. The van der Waals surface area contributed by atoms with Crippen molar-refractivity contribution in [2.75, 3.05) is 7.11 Å². The van der Waals surface area contributed by atoms with Crippen LogP contribution in [-0.2, 0) is 0 Å². The third-order valence-corrected chi connectivity index (χ3v) is 3.82. The Hall–Kier alpha value is -2.67. The van der Waals surface area contributed by atoms with Gasteiger partial charge in [-0.2, -0.15) is 0 Å². The topological polar surface area (TPSA) is 77.2 Å². The summed E-state index contributed by atoms with van der Waals surface area (Å²) in [4.78, 5) is 12.2. The fraction of sp³-hybridized carbons (Fsp3) is 0.0714. The Bertz CT molecular complexity index is 781. The van der Waals surface area contributed by atoms with Crippen LogP contribution >= 0.6 is 11.3 Å². The van der Waals surface area contributed by atoms with Gasteiger partial charge in [0.2, 0.25) is 0 Å². The summed E-state index contributed by atoms with van der Waals surface area (Å²) in [6.45, 7) is 0. The van der Waals surface area contributed by atoms with Gasteiger partial charge in [-0.05, 0) is 23.6 Å². The lowest BCUT2D eigenvalue weighted by molar-refractivity contribution is 0.0691. The fourth-order valence-corrected chi connectivity index (χ4v) is 2.79. The van der Waals surface area contributed by atoms with Gasteiger partial charge in [0.15, 0.2) is 5.69 Å². The second-order valence-corrected chi connectivity index (χ2v) is 5.10. The standard InChI is InChI=1S/C14H11N3O3S/c1-20-10-6-3-2-5-9(10)17-13(11-7-4-8-21-11)12(14(18)19)15-16-17/h2-8H,1H3,(H,18,19).